The molecule has 0 N–H and O–H groups in total. The number of rotatable bonds is 2. The van der Waals surface area contributed by atoms with Crippen LogP contribution in [0.2, 0.25) is 0 Å². The molecule has 1 amide bonds. The zero-order valence-electron chi connectivity index (χ0n) is 15.1. The summed E-state index contributed by atoms with van der Waals surface area (Å²) in [7, 11) is 0. The molecule has 0 saturated carbocycles. The van der Waals surface area contributed by atoms with Crippen LogP contribution in [0.5, 0.6) is 0 Å². The molecule has 1 aromatic carbocycles. The van der Waals surface area contributed by atoms with Gasteiger partial charge in [0.15, 0.2) is 0 Å². The molecule has 0 aliphatic carbocycles. The van der Waals surface area contributed by atoms with Gasteiger partial charge in [0.1, 0.15) is 23.0 Å². The minimum atomic E-state index is -0.572. The van der Waals surface area contributed by atoms with Gasteiger partial charge in [-0.25, -0.2) is 8.78 Å². The van der Waals surface area contributed by atoms with E-state index in [1.807, 2.05) is 4.90 Å². The van der Waals surface area contributed by atoms with Crippen LogP contribution >= 0.6 is 0 Å². The highest BCUT2D eigenvalue weighted by Gasteiger charge is 2.55. The van der Waals surface area contributed by atoms with Gasteiger partial charge in [-0.2, -0.15) is 0 Å². The van der Waals surface area contributed by atoms with Gasteiger partial charge in [0.2, 0.25) is 0 Å². The molecule has 0 radical (unpaired) electrons. The van der Waals surface area contributed by atoms with Crippen LogP contribution in [-0.4, -0.2) is 52.6 Å². The van der Waals surface area contributed by atoms with Gasteiger partial charge in [-0.3, -0.25) is 9.69 Å². The van der Waals surface area contributed by atoms with Gasteiger partial charge in [0.05, 0.1) is 12.2 Å². The summed E-state index contributed by atoms with van der Waals surface area (Å²) in [6.07, 6.45) is 3.57. The number of piperidine rings is 3. The first-order chi connectivity index (χ1) is 13.0. The Morgan fingerprint density at radius 1 is 1.15 bits per heavy atom. The van der Waals surface area contributed by atoms with Crippen molar-refractivity contribution >= 4 is 5.91 Å². The van der Waals surface area contributed by atoms with E-state index in [0.29, 0.717) is 29.3 Å². The minimum Gasteiger partial charge on any atom is -0.361 e. The maximum atomic E-state index is 13.9. The van der Waals surface area contributed by atoms with Crippen molar-refractivity contribution < 1.29 is 18.1 Å². The van der Waals surface area contributed by atoms with Crippen LogP contribution in [0.15, 0.2) is 28.9 Å². The van der Waals surface area contributed by atoms with E-state index in [4.69, 9.17) is 4.52 Å². The van der Waals surface area contributed by atoms with Crippen LogP contribution in [0.4, 0.5) is 8.78 Å². The fourth-order valence-corrected chi connectivity index (χ4v) is 5.40. The molecule has 2 bridgehead atoms. The Morgan fingerprint density at radius 2 is 1.85 bits per heavy atom. The van der Waals surface area contributed by atoms with Crippen LogP contribution in [0.3, 0.4) is 0 Å². The maximum Gasteiger partial charge on any atom is 0.259 e. The number of benzene rings is 1. The molecule has 4 aliphatic heterocycles. The van der Waals surface area contributed by atoms with Crippen molar-refractivity contribution in [3.05, 3.63) is 52.9 Å². The molecule has 1 aromatic heterocycles. The standard InChI is InChI=1S/C20H21F2N3O2/c1-11-16(9-23-27-11)20(26)25-10-17(13-6-14(21)8-15(22)7-13)19-18(25)12-2-4-24(19)5-3-12/h6-9,12,17-19H,2-5,10H2,1H3/t17-,18+,19+/m0/s1. The molecule has 7 heteroatoms. The number of amides is 1. The summed E-state index contributed by atoms with van der Waals surface area (Å²) in [6, 6.07) is 3.88. The number of nitrogens with zero attached hydrogens (tertiary/aromatic N) is 3. The van der Waals surface area contributed by atoms with Gasteiger partial charge in [-0.1, -0.05) is 5.16 Å². The predicted molar refractivity (Wildman–Crippen MR) is 93.2 cm³/mol. The van der Waals surface area contributed by atoms with Gasteiger partial charge >= 0.3 is 0 Å². The molecule has 5 nitrogen and oxygen atoms in total. The SMILES string of the molecule is Cc1oncc1C(=O)N1C[C@@H](c2cc(F)cc(F)c2)[C@@H]2[C@H]1C1CCN2CC1. The van der Waals surface area contributed by atoms with Gasteiger partial charge in [0.25, 0.3) is 5.91 Å². The lowest BCUT2D eigenvalue weighted by atomic mass is 9.75. The Hall–Kier alpha value is -2.28. The zero-order valence-corrected chi connectivity index (χ0v) is 15.1. The molecule has 5 heterocycles. The molecule has 3 atom stereocenters. The molecule has 4 aliphatic rings. The quantitative estimate of drug-likeness (QED) is 0.812. The highest BCUT2D eigenvalue weighted by atomic mass is 19.1. The van der Waals surface area contributed by atoms with Crippen molar-refractivity contribution in [3.63, 3.8) is 0 Å². The van der Waals surface area contributed by atoms with Crippen LogP contribution in [0, 0.1) is 24.5 Å². The third-order valence-corrected chi connectivity index (χ3v) is 6.55. The first-order valence-electron chi connectivity index (χ1n) is 9.45. The molecule has 27 heavy (non-hydrogen) atoms. The van der Waals surface area contributed by atoms with Crippen LogP contribution < -0.4 is 0 Å². The normalized spacial score (nSPS) is 32.0. The Labute approximate surface area is 155 Å². The summed E-state index contributed by atoms with van der Waals surface area (Å²) in [5, 5.41) is 3.73. The lowest BCUT2D eigenvalue weighted by molar-refractivity contribution is -0.00348. The average molecular weight is 373 g/mol. The maximum absolute atomic E-state index is 13.9. The molecule has 4 fully saturated rings. The van der Waals surface area contributed by atoms with Gasteiger partial charge in [-0.15, -0.1) is 0 Å². The topological polar surface area (TPSA) is 49.6 Å². The number of carbonyl (C=O) groups excluding carboxylic acids is 1. The highest BCUT2D eigenvalue weighted by molar-refractivity contribution is 5.95. The van der Waals surface area contributed by atoms with E-state index in [-0.39, 0.29) is 23.9 Å². The third kappa shape index (κ3) is 2.59. The second kappa shape index (κ2) is 6.12. The van der Waals surface area contributed by atoms with Crippen molar-refractivity contribution in [2.45, 2.75) is 37.8 Å². The van der Waals surface area contributed by atoms with Crippen LogP contribution in [0.1, 0.15) is 40.4 Å². The summed E-state index contributed by atoms with van der Waals surface area (Å²) >= 11 is 0. The summed E-state index contributed by atoms with van der Waals surface area (Å²) in [5.74, 6) is -0.427. The Bertz CT molecular complexity index is 871. The lowest BCUT2D eigenvalue weighted by Crippen LogP contribution is -2.60. The van der Waals surface area contributed by atoms with Gasteiger partial charge in [0, 0.05) is 24.6 Å². The molecule has 2 aromatic rings. The number of halogens is 2. The molecule has 0 unspecified atom stereocenters. The zero-order chi connectivity index (χ0) is 18.7. The molecule has 6 rings (SSSR count). The number of likely N-dealkylation sites (tertiary alicyclic amines) is 1. The number of aromatic nitrogens is 1. The van der Waals surface area contributed by atoms with Crippen molar-refractivity contribution in [1.82, 2.24) is 15.0 Å². The fraction of sp³-hybridized carbons (Fsp3) is 0.500. The molecule has 4 saturated heterocycles. The number of hydrogen-bond donors (Lipinski definition) is 0. The summed E-state index contributed by atoms with van der Waals surface area (Å²) in [5.41, 5.74) is 1.10. The Kier molecular flexibility index (Phi) is 3.82. The largest absolute Gasteiger partial charge is 0.361 e. The second-order valence-corrected chi connectivity index (χ2v) is 7.92. The van der Waals surface area contributed by atoms with Gasteiger partial charge in [-0.05, 0) is 56.5 Å². The van der Waals surface area contributed by atoms with E-state index in [2.05, 4.69) is 10.1 Å². The smallest absolute Gasteiger partial charge is 0.259 e. The summed E-state index contributed by atoms with van der Waals surface area (Å²) in [4.78, 5) is 17.5. The summed E-state index contributed by atoms with van der Waals surface area (Å²) < 4.78 is 32.8. The number of aryl methyl sites for hydroxylation is 1. The Balaban J connectivity index is 1.56. The van der Waals surface area contributed by atoms with Crippen molar-refractivity contribution in [1.29, 1.82) is 0 Å². The second-order valence-electron chi connectivity index (χ2n) is 7.92. The van der Waals surface area contributed by atoms with Crippen molar-refractivity contribution in [2.75, 3.05) is 19.6 Å². The molecular weight excluding hydrogens is 352 g/mol. The fourth-order valence-electron chi connectivity index (χ4n) is 5.40. The predicted octanol–water partition coefficient (Wildman–Crippen LogP) is 2.96. The lowest BCUT2D eigenvalue weighted by Gasteiger charge is -2.51. The highest BCUT2D eigenvalue weighted by Crippen LogP contribution is 2.47. The number of carbonyl (C=O) groups is 1. The third-order valence-electron chi connectivity index (χ3n) is 6.55. The number of hydrogen-bond acceptors (Lipinski definition) is 4. The van der Waals surface area contributed by atoms with Gasteiger partial charge < -0.3 is 9.42 Å². The molecule has 0 spiro atoms. The van der Waals surface area contributed by atoms with Crippen molar-refractivity contribution in [3.8, 4) is 0 Å². The monoisotopic (exact) mass is 373 g/mol. The molecule has 142 valence electrons. The van der Waals surface area contributed by atoms with E-state index in [0.717, 1.165) is 32.0 Å². The summed E-state index contributed by atoms with van der Waals surface area (Å²) in [6.45, 7) is 4.14. The van der Waals surface area contributed by atoms with E-state index in [1.54, 1.807) is 6.92 Å². The van der Waals surface area contributed by atoms with Crippen molar-refractivity contribution in [2.24, 2.45) is 5.92 Å². The molecular formula is C20H21F2N3O2. The number of fused-ring (bicyclic) bond motifs is 2. The van der Waals surface area contributed by atoms with E-state index in [1.165, 1.54) is 18.3 Å². The van der Waals surface area contributed by atoms with E-state index < -0.39 is 11.6 Å². The Morgan fingerprint density at radius 3 is 2.48 bits per heavy atom. The van der Waals surface area contributed by atoms with E-state index >= 15 is 0 Å². The minimum absolute atomic E-state index is 0.0608. The van der Waals surface area contributed by atoms with Crippen LogP contribution in [-0.2, 0) is 0 Å². The first kappa shape index (κ1) is 16.9. The average Bonchev–Trinajstić information content (AvgIpc) is 3.26. The first-order valence-corrected chi connectivity index (χ1v) is 9.45. The van der Waals surface area contributed by atoms with Crippen LogP contribution in [0.25, 0.3) is 0 Å². The van der Waals surface area contributed by atoms with E-state index in [9.17, 15) is 13.6 Å².